The predicted octanol–water partition coefficient (Wildman–Crippen LogP) is 4.26. The van der Waals surface area contributed by atoms with Crippen molar-refractivity contribution in [1.82, 2.24) is 10.2 Å². The normalized spacial score (nSPS) is 13.1. The number of carboxylic acid groups (broad SMARTS) is 1. The fourth-order valence-corrected chi connectivity index (χ4v) is 4.16. The molecule has 2 amide bonds. The molecule has 7 nitrogen and oxygen atoms in total. The molecule has 0 saturated heterocycles. The van der Waals surface area contributed by atoms with Crippen molar-refractivity contribution >= 4 is 18.0 Å². The summed E-state index contributed by atoms with van der Waals surface area (Å²) in [4.78, 5) is 38.0. The summed E-state index contributed by atoms with van der Waals surface area (Å²) in [5.74, 6) is -1.28. The number of carbonyl (C=O) groups excluding carboxylic acids is 2. The van der Waals surface area contributed by atoms with Crippen LogP contribution in [0.5, 0.6) is 0 Å². The van der Waals surface area contributed by atoms with Crippen LogP contribution in [0.3, 0.4) is 0 Å². The summed E-state index contributed by atoms with van der Waals surface area (Å²) >= 11 is 0. The first-order valence-electron chi connectivity index (χ1n) is 11.1. The van der Waals surface area contributed by atoms with Crippen molar-refractivity contribution in [1.29, 1.82) is 0 Å². The summed E-state index contributed by atoms with van der Waals surface area (Å²) in [5, 5.41) is 11.7. The molecule has 3 rings (SSSR count). The molecule has 0 radical (unpaired) electrons. The molecule has 0 aromatic heterocycles. The fraction of sp³-hybridized carbons (Fsp3) is 0.423. The van der Waals surface area contributed by atoms with E-state index in [4.69, 9.17) is 9.84 Å². The summed E-state index contributed by atoms with van der Waals surface area (Å²) < 4.78 is 5.64. The average Bonchev–Trinajstić information content (AvgIpc) is 3.08. The van der Waals surface area contributed by atoms with Gasteiger partial charge in [-0.1, -0.05) is 48.5 Å². The van der Waals surface area contributed by atoms with Crippen LogP contribution in [0.2, 0.25) is 0 Å². The Hall–Kier alpha value is -3.35. The number of hydrogen-bond donors (Lipinski definition) is 2. The number of ether oxygens (including phenoxy) is 1. The zero-order chi connectivity index (χ0) is 24.4. The molecule has 0 spiro atoms. The van der Waals surface area contributed by atoms with E-state index in [-0.39, 0.29) is 31.4 Å². The lowest BCUT2D eigenvalue weighted by Crippen LogP contribution is -2.59. The van der Waals surface area contributed by atoms with Crippen LogP contribution >= 0.6 is 0 Å². The van der Waals surface area contributed by atoms with Crippen LogP contribution in [0.4, 0.5) is 4.79 Å². The zero-order valence-corrected chi connectivity index (χ0v) is 19.8. The lowest BCUT2D eigenvalue weighted by molar-refractivity contribution is -0.144. The summed E-state index contributed by atoms with van der Waals surface area (Å²) in [6, 6.07) is 16.2. The molecule has 1 aliphatic rings. The Morgan fingerprint density at radius 3 is 2.00 bits per heavy atom. The van der Waals surface area contributed by atoms with Gasteiger partial charge in [-0.25, -0.2) is 4.79 Å². The van der Waals surface area contributed by atoms with Crippen LogP contribution in [0.25, 0.3) is 11.1 Å². The molecule has 0 heterocycles. The molecule has 0 saturated carbocycles. The van der Waals surface area contributed by atoms with E-state index in [0.717, 1.165) is 22.3 Å². The predicted molar refractivity (Wildman–Crippen MR) is 126 cm³/mol. The number of carbonyl (C=O) groups is 3. The average molecular weight is 453 g/mol. The highest BCUT2D eigenvalue weighted by molar-refractivity contribution is 5.85. The monoisotopic (exact) mass is 452 g/mol. The van der Waals surface area contributed by atoms with E-state index in [1.807, 2.05) is 24.3 Å². The molecule has 0 aliphatic heterocycles. The second-order valence-electron chi connectivity index (χ2n) is 9.57. The topological polar surface area (TPSA) is 95.9 Å². The number of nitrogens with one attached hydrogen (secondary N) is 1. The Bertz CT molecular complexity index is 1010. The minimum Gasteiger partial charge on any atom is -0.481 e. The highest BCUT2D eigenvalue weighted by Crippen LogP contribution is 2.44. The van der Waals surface area contributed by atoms with Crippen molar-refractivity contribution in [3.8, 4) is 11.1 Å². The van der Waals surface area contributed by atoms with E-state index in [1.165, 1.54) is 4.90 Å². The van der Waals surface area contributed by atoms with Gasteiger partial charge in [0.25, 0.3) is 0 Å². The maximum Gasteiger partial charge on any atom is 0.407 e. The molecule has 0 fully saturated rings. The van der Waals surface area contributed by atoms with Gasteiger partial charge in [-0.2, -0.15) is 0 Å². The number of rotatable bonds is 8. The Labute approximate surface area is 194 Å². The molecule has 1 aliphatic carbocycles. The number of benzene rings is 2. The van der Waals surface area contributed by atoms with Gasteiger partial charge in [-0.05, 0) is 49.9 Å². The molecule has 7 heteroatoms. The first-order valence-corrected chi connectivity index (χ1v) is 11.1. The third-order valence-electron chi connectivity index (χ3n) is 6.86. The van der Waals surface area contributed by atoms with Crippen LogP contribution < -0.4 is 5.32 Å². The van der Waals surface area contributed by atoms with E-state index >= 15 is 0 Å². The van der Waals surface area contributed by atoms with Crippen molar-refractivity contribution in [2.75, 3.05) is 20.2 Å². The summed E-state index contributed by atoms with van der Waals surface area (Å²) in [6.45, 7) is 7.27. The molecule has 0 unspecified atom stereocenters. The number of aliphatic carboxylic acids is 1. The standard InChI is InChI=1S/C26H32N2O5/c1-25(2,23(31)28(5)15-14-22(29)30)26(3,4)27-24(32)33-16-21-19-12-8-6-10-17(19)18-11-7-9-13-20(18)21/h6-13,21H,14-16H2,1-5H3,(H,27,32)(H,29,30). The summed E-state index contributed by atoms with van der Waals surface area (Å²) in [6.07, 6.45) is -0.741. The van der Waals surface area contributed by atoms with Gasteiger partial charge in [0, 0.05) is 19.5 Å². The first-order chi connectivity index (χ1) is 15.5. The van der Waals surface area contributed by atoms with Crippen LogP contribution in [0, 0.1) is 5.41 Å². The van der Waals surface area contributed by atoms with Gasteiger partial charge >= 0.3 is 12.1 Å². The number of carboxylic acids is 1. The summed E-state index contributed by atoms with van der Waals surface area (Å²) in [7, 11) is 1.57. The zero-order valence-electron chi connectivity index (χ0n) is 19.8. The van der Waals surface area contributed by atoms with Crippen molar-refractivity contribution in [2.45, 2.75) is 45.6 Å². The largest absolute Gasteiger partial charge is 0.481 e. The van der Waals surface area contributed by atoms with Crippen molar-refractivity contribution in [3.63, 3.8) is 0 Å². The Morgan fingerprint density at radius 2 is 1.48 bits per heavy atom. The van der Waals surface area contributed by atoms with Crippen LogP contribution in [0.1, 0.15) is 51.2 Å². The van der Waals surface area contributed by atoms with E-state index in [1.54, 1.807) is 34.7 Å². The van der Waals surface area contributed by atoms with Gasteiger partial charge in [-0.3, -0.25) is 9.59 Å². The number of amides is 2. The second kappa shape index (κ2) is 9.25. The van der Waals surface area contributed by atoms with Crippen LogP contribution in [-0.2, 0) is 14.3 Å². The van der Waals surface area contributed by atoms with E-state index in [9.17, 15) is 14.4 Å². The number of fused-ring (bicyclic) bond motifs is 3. The van der Waals surface area contributed by atoms with E-state index < -0.39 is 23.0 Å². The van der Waals surface area contributed by atoms with Gasteiger partial charge in [0.15, 0.2) is 0 Å². The molecule has 33 heavy (non-hydrogen) atoms. The molecule has 0 bridgehead atoms. The maximum atomic E-state index is 13.0. The summed E-state index contributed by atoms with van der Waals surface area (Å²) in [5.41, 5.74) is 2.62. The second-order valence-corrected chi connectivity index (χ2v) is 9.57. The van der Waals surface area contributed by atoms with Gasteiger partial charge < -0.3 is 20.1 Å². The van der Waals surface area contributed by atoms with Crippen molar-refractivity contribution in [2.24, 2.45) is 5.41 Å². The van der Waals surface area contributed by atoms with Gasteiger partial charge in [0.1, 0.15) is 6.61 Å². The van der Waals surface area contributed by atoms with Crippen molar-refractivity contribution in [3.05, 3.63) is 59.7 Å². The SMILES string of the molecule is CN(CCC(=O)O)C(=O)C(C)(C)C(C)(C)NC(=O)OCC1c2ccccc2-c2ccccc21. The lowest BCUT2D eigenvalue weighted by Gasteiger charge is -2.42. The van der Waals surface area contributed by atoms with Crippen LogP contribution in [-0.4, -0.2) is 53.7 Å². The number of alkyl carbamates (subject to hydrolysis) is 1. The third-order valence-corrected chi connectivity index (χ3v) is 6.86. The Balaban J connectivity index is 1.66. The third kappa shape index (κ3) is 4.87. The molecular weight excluding hydrogens is 420 g/mol. The number of hydrogen-bond acceptors (Lipinski definition) is 4. The fourth-order valence-electron chi connectivity index (χ4n) is 4.16. The van der Waals surface area contributed by atoms with E-state index in [2.05, 4.69) is 29.6 Å². The number of nitrogens with zero attached hydrogens (tertiary/aromatic N) is 1. The maximum absolute atomic E-state index is 13.0. The molecule has 0 atom stereocenters. The van der Waals surface area contributed by atoms with Crippen molar-refractivity contribution < 1.29 is 24.2 Å². The van der Waals surface area contributed by atoms with Gasteiger partial charge in [0.2, 0.25) is 5.91 Å². The van der Waals surface area contributed by atoms with Crippen LogP contribution in [0.15, 0.2) is 48.5 Å². The lowest BCUT2D eigenvalue weighted by atomic mass is 9.73. The van der Waals surface area contributed by atoms with Gasteiger partial charge in [0.05, 0.1) is 17.4 Å². The highest BCUT2D eigenvalue weighted by atomic mass is 16.5. The highest BCUT2D eigenvalue weighted by Gasteiger charge is 2.46. The molecular formula is C26H32N2O5. The van der Waals surface area contributed by atoms with E-state index in [0.29, 0.717) is 0 Å². The Kier molecular flexibility index (Phi) is 6.81. The molecule has 2 aromatic carbocycles. The minimum atomic E-state index is -0.994. The Morgan fingerprint density at radius 1 is 0.970 bits per heavy atom. The molecule has 2 N–H and O–H groups in total. The quantitative estimate of drug-likeness (QED) is 0.624. The smallest absolute Gasteiger partial charge is 0.407 e. The first kappa shape index (κ1) is 24.3. The molecule has 176 valence electrons. The van der Waals surface area contributed by atoms with Gasteiger partial charge in [-0.15, -0.1) is 0 Å². The molecule has 2 aromatic rings. The minimum absolute atomic E-state index is 0.0527.